The van der Waals surface area contributed by atoms with Gasteiger partial charge in [-0.05, 0) is 18.2 Å². The number of aliphatic hydroxyl groups is 4. The molecule has 6 N–H and O–H groups in total. The van der Waals surface area contributed by atoms with Crippen LogP contribution in [0.3, 0.4) is 0 Å². The molecule has 5 atom stereocenters. The van der Waals surface area contributed by atoms with Gasteiger partial charge in [0.25, 0.3) is 0 Å². The number of aromatic hydroxyl groups is 2. The second-order valence-electron chi connectivity index (χ2n) is 7.49. The number of methoxy groups -OCH3 is 1. The summed E-state index contributed by atoms with van der Waals surface area (Å²) in [5.41, 5.74) is -0.178. The predicted octanol–water partition coefficient (Wildman–Crippen LogP) is 0.0585. The molecule has 0 bridgehead atoms. The average molecular weight is 462 g/mol. The fraction of sp³-hybridized carbons (Fsp3) is 0.318. The van der Waals surface area contributed by atoms with Crippen LogP contribution in [-0.2, 0) is 4.74 Å². The van der Waals surface area contributed by atoms with Crippen LogP contribution in [0.5, 0.6) is 23.0 Å². The summed E-state index contributed by atoms with van der Waals surface area (Å²) in [6.07, 6.45) is -7.55. The van der Waals surface area contributed by atoms with E-state index in [-0.39, 0.29) is 34.0 Å². The van der Waals surface area contributed by atoms with Gasteiger partial charge >= 0.3 is 0 Å². The standard InChI is InChI=1S/C22H22O11/c1-30-15-4-9(2-3-11(15)24)14-7-13(26)18-12(25)5-10(6-16(18)32-14)31-22-21(29)20(28)19(27)17(8-23)33-22/h2-7,17,19-25,27-29H,8H2,1H3/t17?,19-,20?,21+,22+/m1/s1. The highest BCUT2D eigenvalue weighted by atomic mass is 16.7. The van der Waals surface area contributed by atoms with Gasteiger partial charge in [-0.3, -0.25) is 4.79 Å². The lowest BCUT2D eigenvalue weighted by Crippen LogP contribution is -2.60. The summed E-state index contributed by atoms with van der Waals surface area (Å²) in [7, 11) is 1.37. The van der Waals surface area contributed by atoms with E-state index in [1.165, 1.54) is 37.4 Å². The van der Waals surface area contributed by atoms with E-state index in [2.05, 4.69) is 0 Å². The zero-order chi connectivity index (χ0) is 23.9. The molecule has 0 aliphatic carbocycles. The second-order valence-corrected chi connectivity index (χ2v) is 7.49. The highest BCUT2D eigenvalue weighted by molar-refractivity contribution is 5.86. The quantitative estimate of drug-likeness (QED) is 0.302. The van der Waals surface area contributed by atoms with Gasteiger partial charge in [-0.2, -0.15) is 0 Å². The highest BCUT2D eigenvalue weighted by Crippen LogP contribution is 2.35. The number of rotatable bonds is 5. The van der Waals surface area contributed by atoms with Gasteiger partial charge in [0.05, 0.1) is 13.7 Å². The summed E-state index contributed by atoms with van der Waals surface area (Å²) in [4.78, 5) is 12.6. The van der Waals surface area contributed by atoms with Crippen molar-refractivity contribution in [2.75, 3.05) is 13.7 Å². The summed E-state index contributed by atoms with van der Waals surface area (Å²) in [5.74, 6) is -0.353. The van der Waals surface area contributed by atoms with Crippen molar-refractivity contribution in [1.29, 1.82) is 0 Å². The summed E-state index contributed by atoms with van der Waals surface area (Å²) in [6, 6.07) is 7.90. The fourth-order valence-corrected chi connectivity index (χ4v) is 3.58. The maximum atomic E-state index is 12.6. The lowest BCUT2D eigenvalue weighted by molar-refractivity contribution is -0.277. The summed E-state index contributed by atoms with van der Waals surface area (Å²) < 4.78 is 21.7. The number of hydrogen-bond acceptors (Lipinski definition) is 11. The van der Waals surface area contributed by atoms with Gasteiger partial charge in [0.2, 0.25) is 6.29 Å². The lowest BCUT2D eigenvalue weighted by atomic mass is 9.99. The Balaban J connectivity index is 1.72. The molecule has 1 fully saturated rings. The molecule has 176 valence electrons. The molecule has 1 saturated heterocycles. The molecule has 1 aliphatic rings. The Hall–Kier alpha value is -3.35. The number of hydrogen-bond donors (Lipinski definition) is 6. The number of aliphatic hydroxyl groups excluding tert-OH is 4. The molecule has 2 aromatic carbocycles. The zero-order valence-electron chi connectivity index (χ0n) is 17.3. The normalized spacial score (nSPS) is 25.2. The molecular weight excluding hydrogens is 440 g/mol. The van der Waals surface area contributed by atoms with Crippen molar-refractivity contribution in [3.05, 3.63) is 46.6 Å². The Labute approximate surface area is 186 Å². The van der Waals surface area contributed by atoms with Gasteiger partial charge < -0.3 is 49.3 Å². The Bertz CT molecular complexity index is 1220. The highest BCUT2D eigenvalue weighted by Gasteiger charge is 2.44. The van der Waals surface area contributed by atoms with E-state index in [9.17, 15) is 35.4 Å². The first-order valence-corrected chi connectivity index (χ1v) is 9.89. The molecule has 3 aromatic rings. The van der Waals surface area contributed by atoms with E-state index >= 15 is 0 Å². The topological polar surface area (TPSA) is 179 Å². The minimum absolute atomic E-state index is 0.0517. The molecule has 0 saturated carbocycles. The molecule has 0 amide bonds. The number of benzene rings is 2. The van der Waals surface area contributed by atoms with Crippen LogP contribution in [0.2, 0.25) is 0 Å². The minimum atomic E-state index is -1.66. The maximum absolute atomic E-state index is 12.6. The van der Waals surface area contributed by atoms with Crippen molar-refractivity contribution in [3.63, 3.8) is 0 Å². The monoisotopic (exact) mass is 462 g/mol. The number of phenolic OH excluding ortho intramolecular Hbond substituents is 2. The van der Waals surface area contributed by atoms with E-state index < -0.39 is 48.5 Å². The largest absolute Gasteiger partial charge is 0.507 e. The van der Waals surface area contributed by atoms with Crippen LogP contribution in [0, 0.1) is 0 Å². The number of ether oxygens (including phenoxy) is 3. The van der Waals surface area contributed by atoms with Crippen molar-refractivity contribution in [2.24, 2.45) is 0 Å². The van der Waals surface area contributed by atoms with E-state index in [0.29, 0.717) is 5.56 Å². The Morgan fingerprint density at radius 2 is 1.73 bits per heavy atom. The van der Waals surface area contributed by atoms with Crippen molar-refractivity contribution < 1.29 is 49.3 Å². The molecular formula is C22H22O11. The van der Waals surface area contributed by atoms with Crippen LogP contribution in [0.1, 0.15) is 0 Å². The van der Waals surface area contributed by atoms with Crippen LogP contribution in [-0.4, -0.2) is 75.1 Å². The molecule has 1 aromatic heterocycles. The van der Waals surface area contributed by atoms with Gasteiger partial charge in [-0.15, -0.1) is 0 Å². The summed E-state index contributed by atoms with van der Waals surface area (Å²) in [5, 5.41) is 59.3. The first-order valence-electron chi connectivity index (χ1n) is 9.89. The van der Waals surface area contributed by atoms with Crippen LogP contribution >= 0.6 is 0 Å². The average Bonchev–Trinajstić information content (AvgIpc) is 2.79. The molecule has 2 heterocycles. The Morgan fingerprint density at radius 3 is 2.42 bits per heavy atom. The Kier molecular flexibility index (Phi) is 6.15. The van der Waals surface area contributed by atoms with Crippen LogP contribution < -0.4 is 14.9 Å². The molecule has 2 unspecified atom stereocenters. The van der Waals surface area contributed by atoms with E-state index in [0.717, 1.165) is 6.07 Å². The summed E-state index contributed by atoms with van der Waals surface area (Å²) >= 11 is 0. The first-order chi connectivity index (χ1) is 15.7. The van der Waals surface area contributed by atoms with E-state index in [1.807, 2.05) is 0 Å². The van der Waals surface area contributed by atoms with E-state index in [1.54, 1.807) is 0 Å². The predicted molar refractivity (Wildman–Crippen MR) is 112 cm³/mol. The third kappa shape index (κ3) is 4.19. The molecule has 0 spiro atoms. The molecule has 11 nitrogen and oxygen atoms in total. The molecule has 0 radical (unpaired) electrons. The van der Waals surface area contributed by atoms with Crippen molar-refractivity contribution in [3.8, 4) is 34.3 Å². The van der Waals surface area contributed by atoms with Crippen molar-refractivity contribution in [1.82, 2.24) is 0 Å². The van der Waals surface area contributed by atoms with Gasteiger partial charge in [0, 0.05) is 23.8 Å². The lowest BCUT2D eigenvalue weighted by Gasteiger charge is -2.39. The molecule has 11 heteroatoms. The smallest absolute Gasteiger partial charge is 0.229 e. The number of fused-ring (bicyclic) bond motifs is 1. The summed E-state index contributed by atoms with van der Waals surface area (Å²) in [6.45, 7) is -0.637. The van der Waals surface area contributed by atoms with Gasteiger partial charge in [-0.25, -0.2) is 0 Å². The van der Waals surface area contributed by atoms with Gasteiger partial charge in [0.15, 0.2) is 16.9 Å². The minimum Gasteiger partial charge on any atom is -0.507 e. The Morgan fingerprint density at radius 1 is 0.970 bits per heavy atom. The second kappa shape index (κ2) is 8.89. The van der Waals surface area contributed by atoms with Crippen molar-refractivity contribution in [2.45, 2.75) is 30.7 Å². The van der Waals surface area contributed by atoms with Crippen LogP contribution in [0.4, 0.5) is 0 Å². The van der Waals surface area contributed by atoms with Crippen LogP contribution in [0.25, 0.3) is 22.3 Å². The molecule has 1 aliphatic heterocycles. The maximum Gasteiger partial charge on any atom is 0.229 e. The van der Waals surface area contributed by atoms with Crippen LogP contribution in [0.15, 0.2) is 45.6 Å². The zero-order valence-corrected chi connectivity index (χ0v) is 17.3. The molecule has 33 heavy (non-hydrogen) atoms. The fourth-order valence-electron chi connectivity index (χ4n) is 3.58. The van der Waals surface area contributed by atoms with E-state index in [4.69, 9.17) is 18.6 Å². The number of phenols is 2. The first kappa shape index (κ1) is 22.8. The van der Waals surface area contributed by atoms with Gasteiger partial charge in [0.1, 0.15) is 52.6 Å². The third-order valence-corrected chi connectivity index (χ3v) is 5.35. The van der Waals surface area contributed by atoms with Crippen molar-refractivity contribution >= 4 is 11.0 Å². The third-order valence-electron chi connectivity index (χ3n) is 5.35. The van der Waals surface area contributed by atoms with Gasteiger partial charge in [-0.1, -0.05) is 0 Å². The molecule has 4 rings (SSSR count). The SMILES string of the molecule is COc1cc(-c2cc(=O)c3c(O)cc(O[C@H]4OC(CO)[C@@H](O)C(O)[C@@H]4O)cc3o2)ccc1O.